The van der Waals surface area contributed by atoms with Gasteiger partial charge in [0.2, 0.25) is 0 Å². The Morgan fingerprint density at radius 1 is 1.24 bits per heavy atom. The molecule has 2 rings (SSSR count). The molecule has 1 fully saturated rings. The van der Waals surface area contributed by atoms with E-state index in [-0.39, 0.29) is 17.7 Å². The molecule has 92 valence electrons. The first-order valence-electron chi connectivity index (χ1n) is 5.93. The van der Waals surface area contributed by atoms with Gasteiger partial charge in [-0.2, -0.15) is 0 Å². The summed E-state index contributed by atoms with van der Waals surface area (Å²) in [6, 6.07) is 7.08. The summed E-state index contributed by atoms with van der Waals surface area (Å²) in [7, 11) is 0. The van der Waals surface area contributed by atoms with E-state index in [0.717, 1.165) is 24.9 Å². The van der Waals surface area contributed by atoms with Crippen LogP contribution in [0.1, 0.15) is 25.7 Å². The second-order valence-corrected chi connectivity index (χ2v) is 4.59. The first kappa shape index (κ1) is 11.8. The number of phenolic OH excluding ortho intramolecular Hbond substituents is 1. The van der Waals surface area contributed by atoms with E-state index in [9.17, 15) is 9.90 Å². The molecule has 0 amide bonds. The van der Waals surface area contributed by atoms with Crippen molar-refractivity contribution in [2.24, 2.45) is 5.92 Å². The number of aromatic hydroxyl groups is 1. The third-order valence-electron chi connectivity index (χ3n) is 3.26. The topological polar surface area (TPSA) is 69.6 Å². The second kappa shape index (κ2) is 5.08. The fraction of sp³-hybridized carbons (Fsp3) is 0.462. The van der Waals surface area contributed by atoms with E-state index in [1.807, 2.05) is 0 Å². The molecule has 17 heavy (non-hydrogen) atoms. The molecule has 0 heterocycles. The lowest BCUT2D eigenvalue weighted by atomic mass is 9.85. The Morgan fingerprint density at radius 2 is 1.94 bits per heavy atom. The average molecular weight is 235 g/mol. The van der Waals surface area contributed by atoms with Gasteiger partial charge in [0, 0.05) is 11.7 Å². The Balaban J connectivity index is 1.94. The van der Waals surface area contributed by atoms with Gasteiger partial charge in [-0.3, -0.25) is 4.79 Å². The lowest BCUT2D eigenvalue weighted by Crippen LogP contribution is -2.30. The van der Waals surface area contributed by atoms with Crippen LogP contribution in [0.25, 0.3) is 0 Å². The number of phenols is 1. The summed E-state index contributed by atoms with van der Waals surface area (Å²) in [5.74, 6) is -0.678. The van der Waals surface area contributed by atoms with Crippen LogP contribution >= 0.6 is 0 Å². The van der Waals surface area contributed by atoms with Crippen LogP contribution in [0.4, 0.5) is 5.69 Å². The maximum atomic E-state index is 10.9. The molecular formula is C13H17NO3. The molecule has 0 bridgehead atoms. The van der Waals surface area contributed by atoms with Crippen molar-refractivity contribution in [3.05, 3.63) is 24.3 Å². The summed E-state index contributed by atoms with van der Waals surface area (Å²) >= 11 is 0. The molecular weight excluding hydrogens is 218 g/mol. The molecule has 0 aromatic heterocycles. The number of carbonyl (C=O) groups is 1. The number of hydrogen-bond donors (Lipinski definition) is 3. The van der Waals surface area contributed by atoms with E-state index in [2.05, 4.69) is 5.32 Å². The molecule has 1 saturated carbocycles. The molecule has 0 saturated heterocycles. The third-order valence-corrected chi connectivity index (χ3v) is 3.26. The maximum Gasteiger partial charge on any atom is 0.306 e. The minimum absolute atomic E-state index is 0.217. The lowest BCUT2D eigenvalue weighted by Gasteiger charge is -2.28. The van der Waals surface area contributed by atoms with Crippen molar-refractivity contribution in [3.63, 3.8) is 0 Å². The molecule has 4 heteroatoms. The van der Waals surface area contributed by atoms with E-state index in [1.165, 1.54) is 0 Å². The summed E-state index contributed by atoms with van der Waals surface area (Å²) in [5, 5.41) is 21.5. The van der Waals surface area contributed by atoms with Crippen molar-refractivity contribution in [1.29, 1.82) is 0 Å². The monoisotopic (exact) mass is 235 g/mol. The fourth-order valence-corrected chi connectivity index (χ4v) is 2.34. The summed E-state index contributed by atoms with van der Waals surface area (Å²) < 4.78 is 0. The molecule has 2 unspecified atom stereocenters. The van der Waals surface area contributed by atoms with Gasteiger partial charge in [-0.1, -0.05) is 6.42 Å². The molecule has 1 aromatic carbocycles. The molecule has 0 aliphatic heterocycles. The molecule has 2 atom stereocenters. The molecule has 0 spiro atoms. The predicted molar refractivity (Wildman–Crippen MR) is 65.1 cm³/mol. The Morgan fingerprint density at radius 3 is 2.59 bits per heavy atom. The van der Waals surface area contributed by atoms with E-state index in [1.54, 1.807) is 24.3 Å². The van der Waals surface area contributed by atoms with Crippen molar-refractivity contribution in [2.75, 3.05) is 5.32 Å². The van der Waals surface area contributed by atoms with Gasteiger partial charge in [0.25, 0.3) is 0 Å². The number of hydrogen-bond acceptors (Lipinski definition) is 3. The normalized spacial score (nSPS) is 24.2. The smallest absolute Gasteiger partial charge is 0.306 e. The van der Waals surface area contributed by atoms with Crippen LogP contribution in [-0.4, -0.2) is 22.2 Å². The zero-order valence-corrected chi connectivity index (χ0v) is 9.60. The fourth-order valence-electron chi connectivity index (χ4n) is 2.34. The molecule has 1 aliphatic rings. The highest BCUT2D eigenvalue weighted by molar-refractivity contribution is 5.70. The number of aliphatic carboxylic acids is 1. The first-order valence-corrected chi connectivity index (χ1v) is 5.93. The van der Waals surface area contributed by atoms with Gasteiger partial charge in [0.15, 0.2) is 0 Å². The molecule has 1 aromatic rings. The lowest BCUT2D eigenvalue weighted by molar-refractivity contribution is -0.142. The van der Waals surface area contributed by atoms with Crippen molar-refractivity contribution in [3.8, 4) is 5.75 Å². The predicted octanol–water partition coefficient (Wildman–Crippen LogP) is 2.45. The number of carboxylic acids is 1. The summed E-state index contributed by atoms with van der Waals surface area (Å²) in [6.07, 6.45) is 3.41. The zero-order chi connectivity index (χ0) is 12.3. The largest absolute Gasteiger partial charge is 0.508 e. The summed E-state index contributed by atoms with van der Waals surface area (Å²) in [6.45, 7) is 0. The Hall–Kier alpha value is -1.71. The maximum absolute atomic E-state index is 10.9. The molecule has 4 nitrogen and oxygen atoms in total. The van der Waals surface area contributed by atoms with Crippen molar-refractivity contribution >= 4 is 11.7 Å². The zero-order valence-electron chi connectivity index (χ0n) is 9.60. The number of nitrogens with one attached hydrogen (secondary N) is 1. The highest BCUT2D eigenvalue weighted by atomic mass is 16.4. The van der Waals surface area contributed by atoms with Crippen molar-refractivity contribution < 1.29 is 15.0 Å². The van der Waals surface area contributed by atoms with Gasteiger partial charge in [0.05, 0.1) is 5.92 Å². The molecule has 1 aliphatic carbocycles. The number of rotatable bonds is 3. The van der Waals surface area contributed by atoms with Crippen molar-refractivity contribution in [2.45, 2.75) is 31.7 Å². The van der Waals surface area contributed by atoms with E-state index in [4.69, 9.17) is 5.11 Å². The Bertz CT molecular complexity index is 388. The molecule has 3 N–H and O–H groups in total. The molecule has 0 radical (unpaired) electrons. The van der Waals surface area contributed by atoms with Gasteiger partial charge >= 0.3 is 5.97 Å². The quantitative estimate of drug-likeness (QED) is 0.704. The second-order valence-electron chi connectivity index (χ2n) is 4.59. The van der Waals surface area contributed by atoms with E-state index >= 15 is 0 Å². The highest BCUT2D eigenvalue weighted by Crippen LogP contribution is 2.27. The SMILES string of the molecule is O=C(O)C1CCCC(Nc2ccc(O)cc2)C1. The van der Waals surface area contributed by atoms with Gasteiger partial charge in [-0.05, 0) is 43.5 Å². The summed E-state index contributed by atoms with van der Waals surface area (Å²) in [5.41, 5.74) is 0.929. The van der Waals surface area contributed by atoms with Crippen LogP contribution in [-0.2, 0) is 4.79 Å². The Labute approximate surface area is 100 Å². The minimum Gasteiger partial charge on any atom is -0.508 e. The van der Waals surface area contributed by atoms with Crippen molar-refractivity contribution in [1.82, 2.24) is 0 Å². The van der Waals surface area contributed by atoms with Crippen LogP contribution < -0.4 is 5.32 Å². The van der Waals surface area contributed by atoms with Crippen LogP contribution in [0.5, 0.6) is 5.75 Å². The van der Waals surface area contributed by atoms with Gasteiger partial charge in [-0.15, -0.1) is 0 Å². The highest BCUT2D eigenvalue weighted by Gasteiger charge is 2.26. The standard InChI is InChI=1S/C13H17NO3/c15-12-6-4-10(5-7-12)14-11-3-1-2-9(8-11)13(16)17/h4-7,9,11,14-15H,1-3,8H2,(H,16,17). The average Bonchev–Trinajstić information content (AvgIpc) is 2.32. The number of benzene rings is 1. The van der Waals surface area contributed by atoms with Crippen LogP contribution in [0.15, 0.2) is 24.3 Å². The minimum atomic E-state index is -0.692. The van der Waals surface area contributed by atoms with Crippen LogP contribution in [0.3, 0.4) is 0 Å². The van der Waals surface area contributed by atoms with Gasteiger partial charge in [0.1, 0.15) is 5.75 Å². The Kier molecular flexibility index (Phi) is 3.52. The van der Waals surface area contributed by atoms with E-state index < -0.39 is 5.97 Å². The number of carboxylic acid groups (broad SMARTS) is 1. The van der Waals surface area contributed by atoms with E-state index in [0.29, 0.717) is 6.42 Å². The number of anilines is 1. The van der Waals surface area contributed by atoms with Crippen LogP contribution in [0, 0.1) is 5.92 Å². The third kappa shape index (κ3) is 3.12. The van der Waals surface area contributed by atoms with Gasteiger partial charge < -0.3 is 15.5 Å². The van der Waals surface area contributed by atoms with Crippen LogP contribution in [0.2, 0.25) is 0 Å². The first-order chi connectivity index (χ1) is 8.15. The summed E-state index contributed by atoms with van der Waals surface area (Å²) in [4.78, 5) is 10.9. The van der Waals surface area contributed by atoms with Gasteiger partial charge in [-0.25, -0.2) is 0 Å².